The number of rotatable bonds is 6. The molecule has 0 aliphatic heterocycles. The Balaban J connectivity index is 1.47. The number of nitrogens with one attached hydrogen (secondary N) is 1. The fourth-order valence-corrected chi connectivity index (χ4v) is 5.46. The zero-order valence-corrected chi connectivity index (χ0v) is 19.3. The van der Waals surface area contributed by atoms with E-state index in [0.29, 0.717) is 40.8 Å². The normalized spacial score (nSPS) is 20.8. The Hall–Kier alpha value is -3.81. The minimum absolute atomic E-state index is 0.0406. The van der Waals surface area contributed by atoms with Gasteiger partial charge in [-0.2, -0.15) is 5.10 Å². The molecule has 3 aliphatic rings. The number of amides is 1. The van der Waals surface area contributed by atoms with Crippen LogP contribution in [0.2, 0.25) is 0 Å². The van der Waals surface area contributed by atoms with Crippen LogP contribution in [0, 0.1) is 11.3 Å². The lowest BCUT2D eigenvalue weighted by molar-refractivity contribution is -0.129. The lowest BCUT2D eigenvalue weighted by Crippen LogP contribution is -2.40. The molecular weight excluding hydrogens is 428 g/mol. The second-order valence-corrected chi connectivity index (χ2v) is 9.34. The van der Waals surface area contributed by atoms with Crippen LogP contribution in [0.1, 0.15) is 32.6 Å². The van der Waals surface area contributed by atoms with Gasteiger partial charge < -0.3 is 10.1 Å². The number of nitrogens with zero attached hydrogens (tertiary/aromatic N) is 5. The molecule has 1 aromatic carbocycles. The number of fused-ring (bicyclic) bond motifs is 2. The molecule has 2 bridgehead atoms. The van der Waals surface area contributed by atoms with E-state index in [1.165, 1.54) is 6.33 Å². The van der Waals surface area contributed by atoms with Crippen LogP contribution in [-0.4, -0.2) is 37.2 Å². The quantitative estimate of drug-likeness (QED) is 0.457. The number of hydrogen-bond donors (Lipinski definition) is 1. The first-order valence-corrected chi connectivity index (χ1v) is 11.8. The number of pyridine rings is 1. The minimum Gasteiger partial charge on any atom is -0.490 e. The Morgan fingerprint density at radius 2 is 2.03 bits per heavy atom. The topological polar surface area (TPSA) is 94.8 Å². The SMILES string of the molecule is CCOc1cc2ncnc(-c3cn(C)nc3-c3ccccc3)c2nc1NC(=O)C12CCC(C1)C2. The molecule has 4 aromatic rings. The van der Waals surface area contributed by atoms with Crippen LogP contribution >= 0.6 is 0 Å². The van der Waals surface area contributed by atoms with E-state index in [2.05, 4.69) is 20.4 Å². The average Bonchev–Trinajstić information content (AvgIpc) is 3.54. The van der Waals surface area contributed by atoms with Crippen molar-refractivity contribution >= 4 is 22.8 Å². The number of ether oxygens (including phenoxy) is 1. The third-order valence-corrected chi connectivity index (χ3v) is 7.11. The maximum absolute atomic E-state index is 13.2. The number of carbonyl (C=O) groups excluding carboxylic acids is 1. The standard InChI is InChI=1S/C26H26N6O2/c1-3-34-20-11-19-23(29-24(20)30-25(33)26-10-9-16(12-26)13-26)22(28-15-27-19)18-14-32(2)31-21(18)17-7-5-4-6-8-17/h4-8,11,14-16H,3,9-10,12-13H2,1-2H3,(H,29,30,33). The number of aryl methyl sites for hydroxylation is 1. The highest BCUT2D eigenvalue weighted by atomic mass is 16.5. The van der Waals surface area contributed by atoms with Gasteiger partial charge in [0.15, 0.2) is 11.6 Å². The average molecular weight is 455 g/mol. The zero-order chi connectivity index (χ0) is 23.3. The van der Waals surface area contributed by atoms with Crippen molar-refractivity contribution in [2.75, 3.05) is 11.9 Å². The third kappa shape index (κ3) is 3.32. The molecule has 8 nitrogen and oxygen atoms in total. The molecule has 0 unspecified atom stereocenters. The highest BCUT2D eigenvalue weighted by Gasteiger charge is 2.55. The van der Waals surface area contributed by atoms with E-state index >= 15 is 0 Å². The van der Waals surface area contributed by atoms with E-state index in [-0.39, 0.29) is 11.3 Å². The van der Waals surface area contributed by atoms with E-state index in [1.807, 2.05) is 56.6 Å². The van der Waals surface area contributed by atoms with Crippen LogP contribution in [0.4, 0.5) is 5.82 Å². The van der Waals surface area contributed by atoms with Gasteiger partial charge in [-0.3, -0.25) is 9.48 Å². The highest BCUT2D eigenvalue weighted by Crippen LogP contribution is 2.59. The smallest absolute Gasteiger partial charge is 0.231 e. The zero-order valence-electron chi connectivity index (χ0n) is 19.3. The largest absolute Gasteiger partial charge is 0.490 e. The van der Waals surface area contributed by atoms with Gasteiger partial charge in [-0.05, 0) is 38.5 Å². The molecule has 3 heterocycles. The molecule has 172 valence electrons. The molecule has 1 amide bonds. The second-order valence-electron chi connectivity index (χ2n) is 9.34. The Labute approximate surface area is 197 Å². The van der Waals surface area contributed by atoms with E-state index in [9.17, 15) is 4.79 Å². The molecule has 3 aliphatic carbocycles. The Bertz CT molecular complexity index is 1390. The Kier molecular flexibility index (Phi) is 4.83. The van der Waals surface area contributed by atoms with Gasteiger partial charge in [0, 0.05) is 30.4 Å². The van der Waals surface area contributed by atoms with Gasteiger partial charge in [-0.15, -0.1) is 0 Å². The molecule has 3 fully saturated rings. The number of carbonyl (C=O) groups is 1. The van der Waals surface area contributed by atoms with Crippen LogP contribution in [0.3, 0.4) is 0 Å². The van der Waals surface area contributed by atoms with Gasteiger partial charge in [-0.25, -0.2) is 15.0 Å². The van der Waals surface area contributed by atoms with E-state index in [1.54, 1.807) is 4.68 Å². The molecule has 7 rings (SSSR count). The van der Waals surface area contributed by atoms with Crippen LogP contribution in [-0.2, 0) is 11.8 Å². The molecular formula is C26H26N6O2. The third-order valence-electron chi connectivity index (χ3n) is 7.11. The highest BCUT2D eigenvalue weighted by molar-refractivity contribution is 6.00. The molecule has 34 heavy (non-hydrogen) atoms. The van der Waals surface area contributed by atoms with Crippen LogP contribution in [0.5, 0.6) is 5.75 Å². The Morgan fingerprint density at radius 1 is 1.21 bits per heavy atom. The number of hydrogen-bond acceptors (Lipinski definition) is 6. The van der Waals surface area contributed by atoms with E-state index in [0.717, 1.165) is 42.5 Å². The van der Waals surface area contributed by atoms with Gasteiger partial charge in [0.2, 0.25) is 5.91 Å². The second kappa shape index (κ2) is 7.90. The van der Waals surface area contributed by atoms with Crippen molar-refractivity contribution in [3.05, 3.63) is 48.9 Å². The summed E-state index contributed by atoms with van der Waals surface area (Å²) in [6, 6.07) is 11.8. The molecule has 0 spiro atoms. The molecule has 0 radical (unpaired) electrons. The number of benzene rings is 1. The van der Waals surface area contributed by atoms with E-state index < -0.39 is 0 Å². The van der Waals surface area contributed by atoms with Crippen molar-refractivity contribution in [1.82, 2.24) is 24.7 Å². The summed E-state index contributed by atoms with van der Waals surface area (Å²) < 4.78 is 7.62. The first-order chi connectivity index (χ1) is 16.6. The summed E-state index contributed by atoms with van der Waals surface area (Å²) in [7, 11) is 1.89. The molecule has 8 heteroatoms. The molecule has 1 N–H and O–H groups in total. The van der Waals surface area contributed by atoms with Gasteiger partial charge in [0.25, 0.3) is 0 Å². The summed E-state index contributed by atoms with van der Waals surface area (Å²) >= 11 is 0. The van der Waals surface area contributed by atoms with Crippen molar-refractivity contribution < 1.29 is 9.53 Å². The predicted molar refractivity (Wildman–Crippen MR) is 129 cm³/mol. The van der Waals surface area contributed by atoms with Crippen LogP contribution < -0.4 is 10.1 Å². The van der Waals surface area contributed by atoms with Crippen molar-refractivity contribution in [2.45, 2.75) is 32.6 Å². The minimum atomic E-state index is -0.245. The first-order valence-electron chi connectivity index (χ1n) is 11.8. The van der Waals surface area contributed by atoms with Gasteiger partial charge >= 0.3 is 0 Å². The van der Waals surface area contributed by atoms with Crippen molar-refractivity contribution in [2.24, 2.45) is 18.4 Å². The lowest BCUT2D eigenvalue weighted by atomic mass is 9.69. The Morgan fingerprint density at radius 3 is 2.76 bits per heavy atom. The maximum Gasteiger partial charge on any atom is 0.231 e. The molecule has 0 atom stereocenters. The maximum atomic E-state index is 13.2. The summed E-state index contributed by atoms with van der Waals surface area (Å²) in [4.78, 5) is 27.1. The van der Waals surface area contributed by atoms with Crippen molar-refractivity contribution in [3.63, 3.8) is 0 Å². The van der Waals surface area contributed by atoms with Crippen molar-refractivity contribution in [3.8, 4) is 28.3 Å². The molecule has 3 saturated carbocycles. The monoisotopic (exact) mass is 454 g/mol. The van der Waals surface area contributed by atoms with Gasteiger partial charge in [0.1, 0.15) is 23.2 Å². The van der Waals surface area contributed by atoms with E-state index in [4.69, 9.17) is 9.72 Å². The molecule has 0 saturated heterocycles. The number of aromatic nitrogens is 5. The number of anilines is 1. The summed E-state index contributed by atoms with van der Waals surface area (Å²) in [5.41, 5.74) is 4.33. The van der Waals surface area contributed by atoms with Gasteiger partial charge in [-0.1, -0.05) is 30.3 Å². The summed E-state index contributed by atoms with van der Waals surface area (Å²) in [6.07, 6.45) is 7.50. The van der Waals surface area contributed by atoms with Gasteiger partial charge in [0.05, 0.1) is 17.5 Å². The van der Waals surface area contributed by atoms with Crippen LogP contribution in [0.25, 0.3) is 33.5 Å². The fourth-order valence-electron chi connectivity index (χ4n) is 5.46. The molecule has 3 aromatic heterocycles. The summed E-state index contributed by atoms with van der Waals surface area (Å²) in [6.45, 7) is 2.37. The summed E-state index contributed by atoms with van der Waals surface area (Å²) in [5, 5.41) is 7.77. The van der Waals surface area contributed by atoms with Crippen molar-refractivity contribution in [1.29, 1.82) is 0 Å². The first kappa shape index (κ1) is 20.8. The van der Waals surface area contributed by atoms with Crippen LogP contribution in [0.15, 0.2) is 48.9 Å². The fraction of sp³-hybridized carbons (Fsp3) is 0.346. The lowest BCUT2D eigenvalue weighted by Gasteiger charge is -2.36. The predicted octanol–water partition coefficient (Wildman–Crippen LogP) is 4.62. The summed E-state index contributed by atoms with van der Waals surface area (Å²) in [5.74, 6) is 1.68.